The molecule has 0 amide bonds. The number of fused-ring (bicyclic) bond motifs is 1. The van der Waals surface area contributed by atoms with Crippen molar-refractivity contribution in [2.75, 3.05) is 14.2 Å². The molecule has 2 aromatic rings. The van der Waals surface area contributed by atoms with Crippen LogP contribution >= 0.6 is 12.6 Å². The molecule has 0 heterocycles. The average molecular weight is 327 g/mol. The number of nitrogens with two attached hydrogens (primary N) is 1. The van der Waals surface area contributed by atoms with Crippen LogP contribution in [0.5, 0.6) is 11.5 Å². The number of ether oxygens (including phenoxy) is 2. The molecule has 120 valence electrons. The molecule has 2 N–H and O–H groups in total. The standard InChI is InChI=1S/C19H21NO2S/c1-11-4-7-18(23)14(8-11)19-13-10-17(22-3)16(21-2)9-12(13)5-6-15(19)20/h4,7-10,23H,5-6,20H2,1-3H3. The first-order valence-electron chi connectivity index (χ1n) is 7.59. The highest BCUT2D eigenvalue weighted by atomic mass is 32.1. The summed E-state index contributed by atoms with van der Waals surface area (Å²) >= 11 is 4.63. The largest absolute Gasteiger partial charge is 0.493 e. The van der Waals surface area contributed by atoms with Crippen LogP contribution in [-0.4, -0.2) is 14.2 Å². The van der Waals surface area contributed by atoms with E-state index in [0.29, 0.717) is 5.75 Å². The van der Waals surface area contributed by atoms with Crippen molar-refractivity contribution < 1.29 is 9.47 Å². The number of aryl methyl sites for hydroxylation is 2. The Labute approximate surface area is 142 Å². The lowest BCUT2D eigenvalue weighted by Gasteiger charge is -2.24. The minimum absolute atomic E-state index is 0.715. The van der Waals surface area contributed by atoms with Crippen LogP contribution in [0.1, 0.15) is 28.7 Å². The molecule has 0 saturated carbocycles. The molecule has 23 heavy (non-hydrogen) atoms. The summed E-state index contributed by atoms with van der Waals surface area (Å²) in [4.78, 5) is 0.927. The Hall–Kier alpha value is -2.07. The Balaban J connectivity index is 2.25. The van der Waals surface area contributed by atoms with E-state index in [2.05, 4.69) is 37.8 Å². The number of hydrogen-bond acceptors (Lipinski definition) is 4. The summed E-state index contributed by atoms with van der Waals surface area (Å²) in [6, 6.07) is 10.3. The fourth-order valence-corrected chi connectivity index (χ4v) is 3.35. The minimum Gasteiger partial charge on any atom is -0.493 e. The molecule has 0 spiro atoms. The third-order valence-corrected chi connectivity index (χ3v) is 4.67. The molecular formula is C19H21NO2S. The van der Waals surface area contributed by atoms with E-state index in [0.717, 1.165) is 45.9 Å². The molecule has 1 aliphatic rings. The normalized spacial score (nSPS) is 13.7. The lowest BCUT2D eigenvalue weighted by atomic mass is 9.84. The zero-order valence-electron chi connectivity index (χ0n) is 13.6. The van der Waals surface area contributed by atoms with Gasteiger partial charge in [-0.3, -0.25) is 0 Å². The molecule has 0 unspecified atom stereocenters. The van der Waals surface area contributed by atoms with Gasteiger partial charge in [-0.1, -0.05) is 17.7 Å². The monoisotopic (exact) mass is 327 g/mol. The maximum Gasteiger partial charge on any atom is 0.161 e. The summed E-state index contributed by atoms with van der Waals surface area (Å²) < 4.78 is 10.9. The maximum atomic E-state index is 6.38. The van der Waals surface area contributed by atoms with Crippen molar-refractivity contribution in [1.82, 2.24) is 0 Å². The zero-order valence-corrected chi connectivity index (χ0v) is 14.5. The molecule has 0 radical (unpaired) electrons. The molecule has 3 nitrogen and oxygen atoms in total. The third kappa shape index (κ3) is 2.79. The Morgan fingerprint density at radius 3 is 2.35 bits per heavy atom. The SMILES string of the molecule is COc1cc2c(cc1OC)C(c1cc(C)ccc1S)=C(N)CC2. The number of methoxy groups -OCH3 is 2. The van der Waals surface area contributed by atoms with Crippen molar-refractivity contribution in [2.24, 2.45) is 5.73 Å². The van der Waals surface area contributed by atoms with E-state index in [-0.39, 0.29) is 0 Å². The molecule has 0 saturated heterocycles. The van der Waals surface area contributed by atoms with Crippen LogP contribution < -0.4 is 15.2 Å². The average Bonchev–Trinajstić information content (AvgIpc) is 2.56. The van der Waals surface area contributed by atoms with Gasteiger partial charge in [-0.2, -0.15) is 0 Å². The fourth-order valence-electron chi connectivity index (χ4n) is 3.10. The quantitative estimate of drug-likeness (QED) is 0.839. The molecule has 0 fully saturated rings. The van der Waals surface area contributed by atoms with Crippen molar-refractivity contribution in [2.45, 2.75) is 24.7 Å². The van der Waals surface area contributed by atoms with Gasteiger partial charge in [0.25, 0.3) is 0 Å². The highest BCUT2D eigenvalue weighted by Crippen LogP contribution is 2.41. The van der Waals surface area contributed by atoms with Crippen LogP contribution in [0.4, 0.5) is 0 Å². The Bertz CT molecular complexity index is 796. The van der Waals surface area contributed by atoms with Gasteiger partial charge >= 0.3 is 0 Å². The van der Waals surface area contributed by atoms with Crippen LogP contribution in [0.25, 0.3) is 5.57 Å². The lowest BCUT2D eigenvalue weighted by Crippen LogP contribution is -2.13. The van der Waals surface area contributed by atoms with Crippen LogP contribution in [-0.2, 0) is 6.42 Å². The number of allylic oxidation sites excluding steroid dienone is 1. The van der Waals surface area contributed by atoms with Crippen LogP contribution in [0.2, 0.25) is 0 Å². The summed E-state index contributed by atoms with van der Waals surface area (Å²) in [7, 11) is 3.31. The molecule has 0 aromatic heterocycles. The predicted molar refractivity (Wildman–Crippen MR) is 96.5 cm³/mol. The van der Waals surface area contributed by atoms with Gasteiger partial charge in [-0.25, -0.2) is 0 Å². The van der Waals surface area contributed by atoms with Crippen molar-refractivity contribution in [1.29, 1.82) is 0 Å². The molecule has 3 rings (SSSR count). The summed E-state index contributed by atoms with van der Waals surface area (Å²) in [5.74, 6) is 1.47. The zero-order chi connectivity index (χ0) is 16.6. The van der Waals surface area contributed by atoms with E-state index in [1.165, 1.54) is 11.1 Å². The third-order valence-electron chi connectivity index (χ3n) is 4.28. The van der Waals surface area contributed by atoms with Crippen molar-refractivity contribution >= 4 is 18.2 Å². The number of thiol groups is 1. The van der Waals surface area contributed by atoms with Crippen molar-refractivity contribution in [3.05, 3.63) is 58.3 Å². The molecule has 0 atom stereocenters. The highest BCUT2D eigenvalue weighted by Gasteiger charge is 2.23. The van der Waals surface area contributed by atoms with E-state index in [1.54, 1.807) is 14.2 Å². The molecule has 4 heteroatoms. The summed E-state index contributed by atoms with van der Waals surface area (Å²) in [5, 5.41) is 0. The minimum atomic E-state index is 0.715. The van der Waals surface area contributed by atoms with Crippen molar-refractivity contribution in [3.63, 3.8) is 0 Å². The van der Waals surface area contributed by atoms with Crippen LogP contribution in [0, 0.1) is 6.92 Å². The van der Waals surface area contributed by atoms with Crippen LogP contribution in [0.3, 0.4) is 0 Å². The van der Waals surface area contributed by atoms with E-state index < -0.39 is 0 Å². The molecule has 0 bridgehead atoms. The highest BCUT2D eigenvalue weighted by molar-refractivity contribution is 7.80. The lowest BCUT2D eigenvalue weighted by molar-refractivity contribution is 0.354. The van der Waals surface area contributed by atoms with Gasteiger partial charge in [0.05, 0.1) is 14.2 Å². The molecule has 0 aliphatic heterocycles. The van der Waals surface area contributed by atoms with E-state index in [4.69, 9.17) is 15.2 Å². The van der Waals surface area contributed by atoms with Gasteiger partial charge in [0.15, 0.2) is 11.5 Å². The molecule has 2 aromatic carbocycles. The van der Waals surface area contributed by atoms with E-state index >= 15 is 0 Å². The first-order chi connectivity index (χ1) is 11.0. The summed E-state index contributed by atoms with van der Waals surface area (Å²) in [6.45, 7) is 2.08. The molecule has 1 aliphatic carbocycles. The van der Waals surface area contributed by atoms with E-state index in [9.17, 15) is 0 Å². The smallest absolute Gasteiger partial charge is 0.161 e. The second kappa shape index (κ2) is 6.20. The molecular weight excluding hydrogens is 306 g/mol. The number of rotatable bonds is 3. The second-order valence-electron chi connectivity index (χ2n) is 5.79. The van der Waals surface area contributed by atoms with Gasteiger partial charge in [0.2, 0.25) is 0 Å². The van der Waals surface area contributed by atoms with Gasteiger partial charge in [-0.05, 0) is 54.7 Å². The van der Waals surface area contributed by atoms with Gasteiger partial charge in [0, 0.05) is 16.2 Å². The van der Waals surface area contributed by atoms with Gasteiger partial charge in [0.1, 0.15) is 0 Å². The second-order valence-corrected chi connectivity index (χ2v) is 6.27. The maximum absolute atomic E-state index is 6.38. The Kier molecular flexibility index (Phi) is 4.26. The van der Waals surface area contributed by atoms with Crippen molar-refractivity contribution in [3.8, 4) is 11.5 Å². The first kappa shape index (κ1) is 15.8. The van der Waals surface area contributed by atoms with Gasteiger partial charge < -0.3 is 15.2 Å². The Morgan fingerprint density at radius 1 is 0.957 bits per heavy atom. The number of hydrogen-bond donors (Lipinski definition) is 2. The number of benzene rings is 2. The van der Waals surface area contributed by atoms with E-state index in [1.807, 2.05) is 12.1 Å². The first-order valence-corrected chi connectivity index (χ1v) is 8.03. The topological polar surface area (TPSA) is 44.5 Å². The Morgan fingerprint density at radius 2 is 1.65 bits per heavy atom. The summed E-state index contributed by atoms with van der Waals surface area (Å²) in [6.07, 6.45) is 1.73. The van der Waals surface area contributed by atoms with Crippen LogP contribution in [0.15, 0.2) is 40.9 Å². The predicted octanol–water partition coefficient (Wildman–Crippen LogP) is 3.97. The fraction of sp³-hybridized carbons (Fsp3) is 0.263. The summed E-state index contributed by atoms with van der Waals surface area (Å²) in [5.41, 5.74) is 12.9. The van der Waals surface area contributed by atoms with Gasteiger partial charge in [-0.15, -0.1) is 12.6 Å².